The van der Waals surface area contributed by atoms with Gasteiger partial charge < -0.3 is 14.5 Å². The number of para-hydroxylation sites is 1. The number of carbonyl (C=O) groups is 1. The first-order valence-corrected chi connectivity index (χ1v) is 11.0. The van der Waals surface area contributed by atoms with Crippen molar-refractivity contribution in [2.24, 2.45) is 5.92 Å². The Morgan fingerprint density at radius 1 is 1.12 bits per heavy atom. The lowest BCUT2D eigenvalue weighted by Crippen LogP contribution is -2.36. The van der Waals surface area contributed by atoms with Gasteiger partial charge in [-0.1, -0.05) is 38.1 Å². The number of nitrogens with one attached hydrogen (secondary N) is 1. The van der Waals surface area contributed by atoms with Crippen LogP contribution in [0.3, 0.4) is 0 Å². The van der Waals surface area contributed by atoms with Crippen molar-refractivity contribution in [3.8, 4) is 5.75 Å². The van der Waals surface area contributed by atoms with E-state index in [1.807, 2.05) is 36.4 Å². The van der Waals surface area contributed by atoms with Crippen LogP contribution in [0.4, 0.5) is 0 Å². The number of hydrogen-bond donors (Lipinski definition) is 1. The molecule has 0 fully saturated rings. The van der Waals surface area contributed by atoms with Crippen LogP contribution in [0.2, 0.25) is 0 Å². The van der Waals surface area contributed by atoms with E-state index in [1.54, 1.807) is 13.3 Å². The van der Waals surface area contributed by atoms with Crippen molar-refractivity contribution < 1.29 is 13.9 Å². The second-order valence-electron chi connectivity index (χ2n) is 8.15. The molecule has 0 aliphatic heterocycles. The van der Waals surface area contributed by atoms with E-state index < -0.39 is 0 Å². The van der Waals surface area contributed by atoms with Crippen molar-refractivity contribution in [3.05, 3.63) is 77.8 Å². The molecule has 0 radical (unpaired) electrons. The molecular formula is C25H32N4O3. The van der Waals surface area contributed by atoms with Gasteiger partial charge in [-0.3, -0.25) is 14.7 Å². The molecule has 1 amide bonds. The Hall–Kier alpha value is -3.19. The second kappa shape index (κ2) is 11.4. The average molecular weight is 437 g/mol. The van der Waals surface area contributed by atoms with Gasteiger partial charge in [0, 0.05) is 43.0 Å². The van der Waals surface area contributed by atoms with E-state index in [0.29, 0.717) is 37.9 Å². The fourth-order valence-corrected chi connectivity index (χ4v) is 3.42. The number of oxazole rings is 1. The maximum Gasteiger partial charge on any atom is 0.273 e. The number of rotatable bonds is 11. The van der Waals surface area contributed by atoms with Crippen molar-refractivity contribution in [3.63, 3.8) is 0 Å². The SMILES string of the molecule is COc1ccccc1CN(Cc1nc(C(=O)NCCc2ccccn2)co1)C(C)C(C)C. The molecule has 7 heteroatoms. The summed E-state index contributed by atoms with van der Waals surface area (Å²) in [6.45, 7) is 8.25. The van der Waals surface area contributed by atoms with E-state index in [-0.39, 0.29) is 17.6 Å². The van der Waals surface area contributed by atoms with E-state index in [4.69, 9.17) is 9.15 Å². The zero-order chi connectivity index (χ0) is 22.9. The molecule has 7 nitrogen and oxygen atoms in total. The highest BCUT2D eigenvalue weighted by Crippen LogP contribution is 2.23. The standard InChI is InChI=1S/C25H32N4O3/c1-18(2)19(3)29(15-20-9-5-6-11-23(20)31-4)16-24-28-22(17-32-24)25(30)27-14-12-21-10-7-8-13-26-21/h5-11,13,17-19H,12,14-16H2,1-4H3,(H,27,30). The minimum Gasteiger partial charge on any atom is -0.496 e. The minimum absolute atomic E-state index is 0.246. The number of hydrogen-bond acceptors (Lipinski definition) is 6. The first-order valence-electron chi connectivity index (χ1n) is 11.0. The van der Waals surface area contributed by atoms with Crippen molar-refractivity contribution in [1.82, 2.24) is 20.2 Å². The molecule has 0 aliphatic rings. The molecule has 2 heterocycles. The number of methoxy groups -OCH3 is 1. The number of ether oxygens (including phenoxy) is 1. The summed E-state index contributed by atoms with van der Waals surface area (Å²) in [5.41, 5.74) is 2.32. The van der Waals surface area contributed by atoms with E-state index >= 15 is 0 Å². The quantitative estimate of drug-likeness (QED) is 0.487. The van der Waals surface area contributed by atoms with Crippen LogP contribution < -0.4 is 10.1 Å². The number of aromatic nitrogens is 2. The molecule has 0 saturated carbocycles. The lowest BCUT2D eigenvalue weighted by molar-refractivity contribution is 0.0949. The third-order valence-electron chi connectivity index (χ3n) is 5.62. The Morgan fingerprint density at radius 3 is 2.62 bits per heavy atom. The lowest BCUT2D eigenvalue weighted by atomic mass is 10.0. The van der Waals surface area contributed by atoms with Crippen LogP contribution in [0.5, 0.6) is 5.75 Å². The molecule has 0 saturated heterocycles. The summed E-state index contributed by atoms with van der Waals surface area (Å²) in [7, 11) is 1.68. The van der Waals surface area contributed by atoms with E-state index in [9.17, 15) is 4.79 Å². The minimum atomic E-state index is -0.246. The summed E-state index contributed by atoms with van der Waals surface area (Å²) < 4.78 is 11.2. The van der Waals surface area contributed by atoms with Gasteiger partial charge in [0.2, 0.25) is 5.89 Å². The summed E-state index contributed by atoms with van der Waals surface area (Å²) in [4.78, 5) is 23.5. The molecule has 0 aliphatic carbocycles. The fourth-order valence-electron chi connectivity index (χ4n) is 3.42. The van der Waals surface area contributed by atoms with Gasteiger partial charge in [0.25, 0.3) is 5.91 Å². The summed E-state index contributed by atoms with van der Waals surface area (Å²) >= 11 is 0. The van der Waals surface area contributed by atoms with Crippen LogP contribution in [0.25, 0.3) is 0 Å². The molecule has 170 valence electrons. The lowest BCUT2D eigenvalue weighted by Gasteiger charge is -2.31. The van der Waals surface area contributed by atoms with Gasteiger partial charge in [-0.25, -0.2) is 4.98 Å². The second-order valence-corrected chi connectivity index (χ2v) is 8.15. The zero-order valence-electron chi connectivity index (χ0n) is 19.2. The summed E-state index contributed by atoms with van der Waals surface area (Å²) in [6, 6.07) is 14.0. The van der Waals surface area contributed by atoms with Gasteiger partial charge in [0.05, 0.1) is 13.7 Å². The van der Waals surface area contributed by atoms with Crippen molar-refractivity contribution in [2.75, 3.05) is 13.7 Å². The normalized spacial score (nSPS) is 12.2. The van der Waals surface area contributed by atoms with Crippen LogP contribution in [0.1, 0.15) is 48.4 Å². The molecule has 1 aromatic carbocycles. The number of nitrogens with zero attached hydrogens (tertiary/aromatic N) is 3. The van der Waals surface area contributed by atoms with Gasteiger partial charge in [-0.15, -0.1) is 0 Å². The van der Waals surface area contributed by atoms with Gasteiger partial charge in [0.15, 0.2) is 5.69 Å². The monoisotopic (exact) mass is 436 g/mol. The van der Waals surface area contributed by atoms with Crippen molar-refractivity contribution in [1.29, 1.82) is 0 Å². The highest BCUT2D eigenvalue weighted by molar-refractivity contribution is 5.91. The smallest absolute Gasteiger partial charge is 0.273 e. The van der Waals surface area contributed by atoms with E-state index in [0.717, 1.165) is 17.0 Å². The third-order valence-corrected chi connectivity index (χ3v) is 5.62. The molecule has 1 unspecified atom stereocenters. The Bertz CT molecular complexity index is 988. The molecule has 0 bridgehead atoms. The van der Waals surface area contributed by atoms with Gasteiger partial charge in [-0.2, -0.15) is 0 Å². The number of pyridine rings is 1. The Morgan fingerprint density at radius 2 is 1.91 bits per heavy atom. The maximum absolute atomic E-state index is 12.5. The van der Waals surface area contributed by atoms with Crippen LogP contribution in [-0.4, -0.2) is 40.5 Å². The van der Waals surface area contributed by atoms with Crippen LogP contribution in [0, 0.1) is 5.92 Å². The molecule has 3 aromatic rings. The number of amides is 1. The Balaban J connectivity index is 1.63. The molecule has 3 rings (SSSR count). The van der Waals surface area contributed by atoms with E-state index in [2.05, 4.69) is 47.0 Å². The Labute approximate surface area is 189 Å². The maximum atomic E-state index is 12.5. The Kier molecular flexibility index (Phi) is 8.39. The molecule has 2 aromatic heterocycles. The summed E-state index contributed by atoms with van der Waals surface area (Å²) in [5, 5.41) is 2.88. The summed E-state index contributed by atoms with van der Waals surface area (Å²) in [5.74, 6) is 1.56. The van der Waals surface area contributed by atoms with Crippen LogP contribution >= 0.6 is 0 Å². The average Bonchev–Trinajstić information content (AvgIpc) is 3.28. The van der Waals surface area contributed by atoms with Gasteiger partial charge in [-0.05, 0) is 31.0 Å². The topological polar surface area (TPSA) is 80.5 Å². The van der Waals surface area contributed by atoms with Crippen LogP contribution in [-0.2, 0) is 19.5 Å². The highest BCUT2D eigenvalue weighted by atomic mass is 16.5. The fraction of sp³-hybridized carbons (Fsp3) is 0.400. The summed E-state index contributed by atoms with van der Waals surface area (Å²) in [6.07, 6.45) is 3.83. The molecule has 0 spiro atoms. The van der Waals surface area contributed by atoms with E-state index in [1.165, 1.54) is 6.26 Å². The molecule has 1 atom stereocenters. The third kappa shape index (κ3) is 6.40. The van der Waals surface area contributed by atoms with Gasteiger partial charge in [0.1, 0.15) is 12.0 Å². The first-order chi connectivity index (χ1) is 15.5. The molecule has 32 heavy (non-hydrogen) atoms. The van der Waals surface area contributed by atoms with Crippen LogP contribution in [0.15, 0.2) is 59.3 Å². The first kappa shape index (κ1) is 23.5. The van der Waals surface area contributed by atoms with Gasteiger partial charge >= 0.3 is 0 Å². The predicted octanol–water partition coefficient (Wildman–Crippen LogP) is 4.10. The molecule has 1 N–H and O–H groups in total. The predicted molar refractivity (Wildman–Crippen MR) is 123 cm³/mol. The largest absolute Gasteiger partial charge is 0.496 e. The van der Waals surface area contributed by atoms with Crippen molar-refractivity contribution >= 4 is 5.91 Å². The zero-order valence-corrected chi connectivity index (χ0v) is 19.2. The molecular weight excluding hydrogens is 404 g/mol. The van der Waals surface area contributed by atoms with Crippen molar-refractivity contribution in [2.45, 2.75) is 46.3 Å². The highest BCUT2D eigenvalue weighted by Gasteiger charge is 2.22. The number of carbonyl (C=O) groups excluding carboxylic acids is 1. The number of benzene rings is 1.